The molecule has 0 radical (unpaired) electrons. The minimum atomic E-state index is -0.992. The van der Waals surface area contributed by atoms with E-state index < -0.39 is 29.7 Å². The fraction of sp³-hybridized carbons (Fsp3) is 0.618. The van der Waals surface area contributed by atoms with E-state index in [9.17, 15) is 24.3 Å². The third kappa shape index (κ3) is 10.4. The number of carboxylic acid groups (broad SMARTS) is 1. The first-order chi connectivity index (χ1) is 22.8. The highest BCUT2D eigenvalue weighted by Crippen LogP contribution is 2.28. The largest absolute Gasteiger partial charge is 0.465 e. The first-order valence-electron chi connectivity index (χ1n) is 16.8. The van der Waals surface area contributed by atoms with Gasteiger partial charge >= 0.3 is 12.1 Å². The number of carbonyl (C=O) groups excluding carboxylic acids is 3. The molecule has 2 fully saturated rings. The molecule has 0 bridgehead atoms. The number of carbonyl (C=O) groups is 4. The number of benzene rings is 1. The van der Waals surface area contributed by atoms with Gasteiger partial charge in [-0.3, -0.25) is 14.5 Å². The third-order valence-electron chi connectivity index (χ3n) is 9.01. The summed E-state index contributed by atoms with van der Waals surface area (Å²) in [7, 11) is 0. The maximum atomic E-state index is 14.0. The smallest absolute Gasteiger partial charge is 0.404 e. The average Bonchev–Trinajstić information content (AvgIpc) is 3.66. The highest BCUT2D eigenvalue weighted by atomic mass is 32.1. The summed E-state index contributed by atoms with van der Waals surface area (Å²) in [5, 5.41) is 27.4. The Bertz CT molecular complexity index is 1390. The van der Waals surface area contributed by atoms with Gasteiger partial charge in [0.2, 0.25) is 11.8 Å². The van der Waals surface area contributed by atoms with E-state index in [1.54, 1.807) is 16.2 Å². The molecule has 5 N–H and O–H groups in total. The Morgan fingerprint density at radius 1 is 1.00 bits per heavy atom. The van der Waals surface area contributed by atoms with Crippen LogP contribution in [0.1, 0.15) is 64.1 Å². The number of thiazole rings is 1. The number of aryl methyl sites for hydroxylation is 1. The van der Waals surface area contributed by atoms with E-state index in [1.165, 1.54) is 4.90 Å². The Labute approximate surface area is 287 Å². The van der Waals surface area contributed by atoms with Crippen molar-refractivity contribution in [3.05, 3.63) is 41.0 Å². The predicted octanol–water partition coefficient (Wildman–Crippen LogP) is 3.27. The van der Waals surface area contributed by atoms with Gasteiger partial charge in [-0.1, -0.05) is 57.9 Å². The monoisotopic (exact) mass is 685 g/mol. The molecule has 0 unspecified atom stereocenters. The van der Waals surface area contributed by atoms with E-state index in [-0.39, 0.29) is 37.4 Å². The summed E-state index contributed by atoms with van der Waals surface area (Å²) in [4.78, 5) is 62.1. The molecule has 2 aliphatic heterocycles. The van der Waals surface area contributed by atoms with Gasteiger partial charge in [0.25, 0.3) is 0 Å². The van der Waals surface area contributed by atoms with Crippen molar-refractivity contribution in [3.8, 4) is 10.4 Å². The summed E-state index contributed by atoms with van der Waals surface area (Å²) < 4.78 is 0. The normalized spacial score (nSPS) is 19.2. The maximum Gasteiger partial charge on any atom is 0.404 e. The first-order valence-corrected chi connectivity index (χ1v) is 17.7. The molecule has 13 nitrogen and oxygen atoms in total. The molecule has 0 spiro atoms. The molecule has 14 heteroatoms. The van der Waals surface area contributed by atoms with Crippen molar-refractivity contribution in [1.29, 1.82) is 0 Å². The lowest BCUT2D eigenvalue weighted by molar-refractivity contribution is -0.142. The highest BCUT2D eigenvalue weighted by Gasteiger charge is 2.45. The number of aliphatic hydroxyl groups excluding tert-OH is 1. The molecule has 3 heterocycles. The topological polar surface area (TPSA) is 167 Å². The van der Waals surface area contributed by atoms with Crippen LogP contribution in [-0.4, -0.2) is 118 Å². The minimum absolute atomic E-state index is 0.0248. The van der Waals surface area contributed by atoms with Crippen molar-refractivity contribution in [3.63, 3.8) is 0 Å². The lowest BCUT2D eigenvalue weighted by Gasteiger charge is -2.39. The third-order valence-corrected chi connectivity index (χ3v) is 9.99. The first kappa shape index (κ1) is 37.1. The highest BCUT2D eigenvalue weighted by molar-refractivity contribution is 7.13. The number of hydrogen-bond acceptors (Lipinski definition) is 8. The molecule has 264 valence electrons. The van der Waals surface area contributed by atoms with Gasteiger partial charge in [-0.15, -0.1) is 11.3 Å². The van der Waals surface area contributed by atoms with Gasteiger partial charge in [-0.2, -0.15) is 0 Å². The molecular weight excluding hydrogens is 634 g/mol. The molecule has 0 saturated carbocycles. The number of amides is 5. The van der Waals surface area contributed by atoms with Crippen LogP contribution in [-0.2, 0) is 16.1 Å². The Kier molecular flexibility index (Phi) is 13.2. The molecule has 2 aliphatic rings. The van der Waals surface area contributed by atoms with Crippen LogP contribution in [0, 0.1) is 12.3 Å². The van der Waals surface area contributed by atoms with Crippen molar-refractivity contribution < 1.29 is 29.4 Å². The van der Waals surface area contributed by atoms with E-state index in [0.29, 0.717) is 19.6 Å². The van der Waals surface area contributed by atoms with E-state index in [1.807, 2.05) is 57.5 Å². The van der Waals surface area contributed by atoms with Crippen LogP contribution in [0.4, 0.5) is 9.59 Å². The van der Waals surface area contributed by atoms with Crippen molar-refractivity contribution in [1.82, 2.24) is 35.6 Å². The van der Waals surface area contributed by atoms with Gasteiger partial charge in [0, 0.05) is 52.2 Å². The lowest BCUT2D eigenvalue weighted by Crippen LogP contribution is -2.61. The predicted molar refractivity (Wildman–Crippen MR) is 185 cm³/mol. The quantitative estimate of drug-likeness (QED) is 0.200. The number of aromatic nitrogens is 1. The fourth-order valence-electron chi connectivity index (χ4n) is 6.18. The van der Waals surface area contributed by atoms with Crippen LogP contribution >= 0.6 is 11.3 Å². The number of β-amino-alcohol motifs (C(OH)–C–C–N with tert-alkyl or cyclic N) is 1. The number of hydrogen-bond donors (Lipinski definition) is 5. The molecule has 5 amide bonds. The van der Waals surface area contributed by atoms with Crippen LogP contribution in [0.25, 0.3) is 10.4 Å². The van der Waals surface area contributed by atoms with Crippen molar-refractivity contribution >= 4 is 35.3 Å². The van der Waals surface area contributed by atoms with E-state index in [4.69, 9.17) is 5.11 Å². The summed E-state index contributed by atoms with van der Waals surface area (Å²) in [6.07, 6.45) is 2.11. The van der Waals surface area contributed by atoms with Gasteiger partial charge < -0.3 is 36.0 Å². The van der Waals surface area contributed by atoms with Crippen LogP contribution in [0.15, 0.2) is 29.8 Å². The Morgan fingerprint density at radius 2 is 1.69 bits per heavy atom. The fourth-order valence-corrected chi connectivity index (χ4v) is 6.99. The summed E-state index contributed by atoms with van der Waals surface area (Å²) in [6.45, 7) is 11.9. The van der Waals surface area contributed by atoms with Crippen LogP contribution in [0.2, 0.25) is 0 Å². The molecule has 48 heavy (non-hydrogen) atoms. The lowest BCUT2D eigenvalue weighted by atomic mass is 9.85. The van der Waals surface area contributed by atoms with Crippen LogP contribution in [0.5, 0.6) is 0 Å². The van der Waals surface area contributed by atoms with Gasteiger partial charge in [-0.25, -0.2) is 14.6 Å². The number of nitrogens with one attached hydrogen (secondary N) is 3. The van der Waals surface area contributed by atoms with Crippen molar-refractivity contribution in [2.75, 3.05) is 45.8 Å². The Balaban J connectivity index is 1.27. The number of nitrogens with zero attached hydrogens (tertiary/aromatic N) is 4. The minimum Gasteiger partial charge on any atom is -0.465 e. The molecule has 2 aromatic rings. The second kappa shape index (κ2) is 17.1. The Morgan fingerprint density at radius 3 is 2.31 bits per heavy atom. The summed E-state index contributed by atoms with van der Waals surface area (Å²) in [5.41, 5.74) is 4.13. The molecule has 2 saturated heterocycles. The van der Waals surface area contributed by atoms with E-state index >= 15 is 0 Å². The van der Waals surface area contributed by atoms with E-state index in [0.717, 1.165) is 67.0 Å². The SMILES string of the molecule is Cc1ncsc1-c1ccc(CNC(=O)[C@@H]2C[C@@H](O)CN2C(=O)[C@@H](NC(=O)N2CCN(CCCCCCNC(=O)O)CC2)C(C)(C)C)cc1. The van der Waals surface area contributed by atoms with Crippen molar-refractivity contribution in [2.24, 2.45) is 5.41 Å². The molecule has 1 aromatic heterocycles. The molecule has 0 aliphatic carbocycles. The zero-order chi connectivity index (χ0) is 34.8. The number of urea groups is 1. The summed E-state index contributed by atoms with van der Waals surface area (Å²) in [6, 6.07) is 5.87. The number of rotatable bonds is 13. The second-order valence-corrected chi connectivity index (χ2v) is 14.7. The zero-order valence-electron chi connectivity index (χ0n) is 28.5. The average molecular weight is 686 g/mol. The van der Waals surface area contributed by atoms with Gasteiger partial charge in [0.15, 0.2) is 0 Å². The van der Waals surface area contributed by atoms with Crippen molar-refractivity contribution in [2.45, 2.75) is 84.5 Å². The summed E-state index contributed by atoms with van der Waals surface area (Å²) >= 11 is 1.58. The standard InChI is InChI=1S/C34H51N7O6S/c1-23-28(48-22-37-23)25-11-9-24(10-12-25)20-36-30(43)27-19-26(42)21-41(27)31(44)29(34(2,3)4)38-32(45)40-17-15-39(16-18-40)14-8-6-5-7-13-35-33(46)47/h9-12,22,26-27,29,35,42H,5-8,13-21H2,1-4H3,(H,36,43)(H,38,45)(H,46,47)/t26-,27+,29-/m1/s1. The zero-order valence-corrected chi connectivity index (χ0v) is 29.4. The molecule has 3 atom stereocenters. The summed E-state index contributed by atoms with van der Waals surface area (Å²) in [5.74, 6) is -0.719. The number of likely N-dealkylation sites (tertiary alicyclic amines) is 1. The van der Waals surface area contributed by atoms with Crippen LogP contribution < -0.4 is 16.0 Å². The van der Waals surface area contributed by atoms with Gasteiger partial charge in [0.05, 0.1) is 22.2 Å². The number of unbranched alkanes of at least 4 members (excludes halogenated alkanes) is 3. The van der Waals surface area contributed by atoms with Gasteiger partial charge in [-0.05, 0) is 42.9 Å². The number of aliphatic hydroxyl groups is 1. The number of piperazine rings is 1. The second-order valence-electron chi connectivity index (χ2n) is 13.8. The van der Waals surface area contributed by atoms with Gasteiger partial charge in [0.1, 0.15) is 12.1 Å². The molecular formula is C34H51N7O6S. The maximum absolute atomic E-state index is 14.0. The van der Waals surface area contributed by atoms with E-state index in [2.05, 4.69) is 25.8 Å². The molecule has 1 aromatic carbocycles. The molecule has 4 rings (SSSR count). The van der Waals surface area contributed by atoms with Crippen LogP contribution in [0.3, 0.4) is 0 Å². The Hall–Kier alpha value is -3.75.